The molecule has 1 heterocycles. The third-order valence-corrected chi connectivity index (χ3v) is 3.24. The van der Waals surface area contributed by atoms with Gasteiger partial charge < -0.3 is 9.52 Å². The molecule has 0 aliphatic carbocycles. The average Bonchev–Trinajstić information content (AvgIpc) is 2.76. The van der Waals surface area contributed by atoms with Crippen molar-refractivity contribution >= 4 is 16.9 Å². The lowest BCUT2D eigenvalue weighted by Crippen LogP contribution is -2.23. The molecular weight excluding hydrogens is 249 g/mol. The molecule has 0 aliphatic rings. The summed E-state index contributed by atoms with van der Waals surface area (Å²) in [6, 6.07) is 4.51. The van der Waals surface area contributed by atoms with Crippen molar-refractivity contribution in [3.63, 3.8) is 0 Å². The standard InChI is InChI=1S/C14H16FNO3/c1-3-16(4-2)8-10-9-6-5-7-11(15)12(9)19-13(10)14(17)18/h5-7H,3-4,8H2,1-2H3,(H,17,18). The zero-order chi connectivity index (χ0) is 14.0. The Balaban J connectivity index is 2.58. The largest absolute Gasteiger partial charge is 0.475 e. The van der Waals surface area contributed by atoms with E-state index >= 15 is 0 Å². The Labute approximate surface area is 110 Å². The maximum atomic E-state index is 13.6. The molecule has 4 nitrogen and oxygen atoms in total. The highest BCUT2D eigenvalue weighted by molar-refractivity contribution is 5.95. The third-order valence-electron chi connectivity index (χ3n) is 3.24. The van der Waals surface area contributed by atoms with Gasteiger partial charge in [-0.1, -0.05) is 26.0 Å². The van der Waals surface area contributed by atoms with Gasteiger partial charge in [-0.25, -0.2) is 9.18 Å². The Bertz CT molecular complexity index is 602. The SMILES string of the molecule is CCN(CC)Cc1c(C(=O)O)oc2c(F)cccc12. The molecule has 0 unspecified atom stereocenters. The van der Waals surface area contributed by atoms with Crippen molar-refractivity contribution in [1.29, 1.82) is 0 Å². The van der Waals surface area contributed by atoms with Crippen LogP contribution in [0.5, 0.6) is 0 Å². The van der Waals surface area contributed by atoms with Crippen molar-refractivity contribution in [2.24, 2.45) is 0 Å². The maximum absolute atomic E-state index is 13.6. The molecule has 0 aliphatic heterocycles. The van der Waals surface area contributed by atoms with Crippen molar-refractivity contribution in [2.45, 2.75) is 20.4 Å². The van der Waals surface area contributed by atoms with Crippen molar-refractivity contribution in [1.82, 2.24) is 4.90 Å². The van der Waals surface area contributed by atoms with E-state index in [1.165, 1.54) is 6.07 Å². The predicted molar refractivity (Wildman–Crippen MR) is 69.8 cm³/mol. The van der Waals surface area contributed by atoms with Crippen LogP contribution in [0.2, 0.25) is 0 Å². The summed E-state index contributed by atoms with van der Waals surface area (Å²) < 4.78 is 18.8. The van der Waals surface area contributed by atoms with Gasteiger partial charge in [-0.3, -0.25) is 4.90 Å². The Hall–Kier alpha value is -1.88. The first kappa shape index (κ1) is 13.5. The first-order valence-electron chi connectivity index (χ1n) is 6.24. The van der Waals surface area contributed by atoms with Crippen LogP contribution in [0.1, 0.15) is 30.0 Å². The summed E-state index contributed by atoms with van der Waals surface area (Å²) in [5.41, 5.74) is 0.549. The number of nitrogens with zero attached hydrogens (tertiary/aromatic N) is 1. The number of carbonyl (C=O) groups is 1. The molecular formula is C14H16FNO3. The first-order chi connectivity index (χ1) is 9.08. The van der Waals surface area contributed by atoms with Gasteiger partial charge in [0.05, 0.1) is 0 Å². The number of aromatic carboxylic acids is 1. The molecule has 0 radical (unpaired) electrons. The lowest BCUT2D eigenvalue weighted by atomic mass is 10.1. The van der Waals surface area contributed by atoms with Crippen LogP contribution in [-0.4, -0.2) is 29.1 Å². The van der Waals surface area contributed by atoms with E-state index in [0.717, 1.165) is 13.1 Å². The van der Waals surface area contributed by atoms with Crippen molar-refractivity contribution in [3.8, 4) is 0 Å². The molecule has 0 atom stereocenters. The van der Waals surface area contributed by atoms with E-state index in [2.05, 4.69) is 4.90 Å². The highest BCUT2D eigenvalue weighted by Crippen LogP contribution is 2.29. The van der Waals surface area contributed by atoms with Crippen LogP contribution < -0.4 is 0 Å². The number of furan rings is 1. The summed E-state index contributed by atoms with van der Waals surface area (Å²) in [5.74, 6) is -1.88. The zero-order valence-corrected chi connectivity index (χ0v) is 10.9. The van der Waals surface area contributed by atoms with Gasteiger partial charge in [0, 0.05) is 17.5 Å². The van der Waals surface area contributed by atoms with Crippen molar-refractivity contribution in [3.05, 3.63) is 35.3 Å². The highest BCUT2D eigenvalue weighted by atomic mass is 19.1. The number of para-hydroxylation sites is 1. The number of hydrogen-bond acceptors (Lipinski definition) is 3. The molecule has 19 heavy (non-hydrogen) atoms. The summed E-state index contributed by atoms with van der Waals surface area (Å²) >= 11 is 0. The van der Waals surface area contributed by atoms with Gasteiger partial charge in [0.1, 0.15) is 0 Å². The van der Waals surface area contributed by atoms with Crippen LogP contribution in [0.15, 0.2) is 22.6 Å². The highest BCUT2D eigenvalue weighted by Gasteiger charge is 2.22. The molecule has 1 N–H and O–H groups in total. The molecule has 0 fully saturated rings. The lowest BCUT2D eigenvalue weighted by molar-refractivity contribution is 0.0661. The Morgan fingerprint density at radius 3 is 2.63 bits per heavy atom. The van der Waals surface area contributed by atoms with Gasteiger partial charge in [0.15, 0.2) is 11.4 Å². The molecule has 102 valence electrons. The summed E-state index contributed by atoms with van der Waals surface area (Å²) in [4.78, 5) is 13.3. The second-order valence-electron chi connectivity index (χ2n) is 4.29. The second kappa shape index (κ2) is 5.40. The summed E-state index contributed by atoms with van der Waals surface area (Å²) in [7, 11) is 0. The fourth-order valence-corrected chi connectivity index (χ4v) is 2.14. The minimum Gasteiger partial charge on any atom is -0.475 e. The molecule has 0 spiro atoms. The van der Waals surface area contributed by atoms with E-state index in [9.17, 15) is 14.3 Å². The first-order valence-corrected chi connectivity index (χ1v) is 6.24. The number of halogens is 1. The zero-order valence-electron chi connectivity index (χ0n) is 10.9. The number of carboxylic acids is 1. The maximum Gasteiger partial charge on any atom is 0.372 e. The molecule has 0 amide bonds. The van der Waals surface area contributed by atoms with Crippen LogP contribution >= 0.6 is 0 Å². The van der Waals surface area contributed by atoms with Crippen LogP contribution in [0.4, 0.5) is 4.39 Å². The minimum atomic E-state index is -1.17. The van der Waals surface area contributed by atoms with E-state index in [0.29, 0.717) is 17.5 Å². The number of fused-ring (bicyclic) bond motifs is 1. The molecule has 0 saturated carbocycles. The smallest absolute Gasteiger partial charge is 0.372 e. The van der Waals surface area contributed by atoms with Gasteiger partial charge in [-0.2, -0.15) is 0 Å². The molecule has 1 aromatic carbocycles. The molecule has 2 aromatic rings. The fourth-order valence-electron chi connectivity index (χ4n) is 2.14. The van der Waals surface area contributed by atoms with E-state index in [1.807, 2.05) is 13.8 Å². The number of rotatable bonds is 5. The number of benzene rings is 1. The monoisotopic (exact) mass is 265 g/mol. The van der Waals surface area contributed by atoms with Crippen molar-refractivity contribution < 1.29 is 18.7 Å². The van der Waals surface area contributed by atoms with E-state index in [1.54, 1.807) is 12.1 Å². The van der Waals surface area contributed by atoms with Crippen LogP contribution in [0, 0.1) is 5.82 Å². The molecule has 2 rings (SSSR count). The van der Waals surface area contributed by atoms with Crippen LogP contribution in [0.25, 0.3) is 11.0 Å². The average molecular weight is 265 g/mol. The molecule has 0 saturated heterocycles. The lowest BCUT2D eigenvalue weighted by Gasteiger charge is -2.17. The summed E-state index contributed by atoms with van der Waals surface area (Å²) in [6.07, 6.45) is 0. The minimum absolute atomic E-state index is 0.0158. The number of carboxylic acid groups (broad SMARTS) is 1. The predicted octanol–water partition coefficient (Wildman–Crippen LogP) is 3.11. The quantitative estimate of drug-likeness (QED) is 0.902. The van der Waals surface area contributed by atoms with E-state index < -0.39 is 11.8 Å². The van der Waals surface area contributed by atoms with Gasteiger partial charge in [-0.15, -0.1) is 0 Å². The van der Waals surface area contributed by atoms with Gasteiger partial charge in [0.25, 0.3) is 0 Å². The second-order valence-corrected chi connectivity index (χ2v) is 4.29. The Kier molecular flexibility index (Phi) is 3.85. The Morgan fingerprint density at radius 2 is 2.05 bits per heavy atom. The summed E-state index contributed by atoms with van der Waals surface area (Å²) in [5, 5.41) is 9.71. The van der Waals surface area contributed by atoms with E-state index in [4.69, 9.17) is 4.42 Å². The van der Waals surface area contributed by atoms with Crippen LogP contribution in [-0.2, 0) is 6.54 Å². The fraction of sp³-hybridized carbons (Fsp3) is 0.357. The van der Waals surface area contributed by atoms with Gasteiger partial charge in [0.2, 0.25) is 5.76 Å². The van der Waals surface area contributed by atoms with Gasteiger partial charge >= 0.3 is 5.97 Å². The molecule has 5 heteroatoms. The van der Waals surface area contributed by atoms with Crippen molar-refractivity contribution in [2.75, 3.05) is 13.1 Å². The molecule has 0 bridgehead atoms. The topological polar surface area (TPSA) is 53.7 Å². The van der Waals surface area contributed by atoms with Gasteiger partial charge in [-0.05, 0) is 19.2 Å². The number of hydrogen-bond donors (Lipinski definition) is 1. The Morgan fingerprint density at radius 1 is 1.37 bits per heavy atom. The third kappa shape index (κ3) is 2.46. The molecule has 1 aromatic heterocycles. The van der Waals surface area contributed by atoms with Crippen LogP contribution in [0.3, 0.4) is 0 Å². The normalized spacial score (nSPS) is 11.4. The summed E-state index contributed by atoms with van der Waals surface area (Å²) in [6.45, 7) is 6.00. The van der Waals surface area contributed by atoms with E-state index in [-0.39, 0.29) is 11.3 Å².